The zero-order valence-electron chi connectivity index (χ0n) is 19.0. The average molecular weight is 436 g/mol. The Morgan fingerprint density at radius 1 is 1.29 bits per heavy atom. The molecule has 2 fully saturated rings. The van der Waals surface area contributed by atoms with E-state index in [4.69, 9.17) is 9.84 Å². The van der Waals surface area contributed by atoms with Crippen LogP contribution in [-0.2, 0) is 9.53 Å². The maximum absolute atomic E-state index is 11.4. The topological polar surface area (TPSA) is 111 Å². The van der Waals surface area contributed by atoms with Crippen LogP contribution in [0.3, 0.4) is 0 Å². The van der Waals surface area contributed by atoms with Crippen LogP contribution < -0.4 is 0 Å². The van der Waals surface area contributed by atoms with E-state index in [1.807, 2.05) is 6.08 Å². The summed E-state index contributed by atoms with van der Waals surface area (Å²) in [6.45, 7) is 2.06. The maximum Gasteiger partial charge on any atom is 0.305 e. The molecule has 0 spiro atoms. The van der Waals surface area contributed by atoms with Crippen molar-refractivity contribution in [3.63, 3.8) is 0 Å². The molecule has 0 heterocycles. The van der Waals surface area contributed by atoms with Gasteiger partial charge in [0.1, 0.15) is 6.61 Å². The van der Waals surface area contributed by atoms with Crippen molar-refractivity contribution in [3.05, 3.63) is 12.2 Å². The van der Waals surface area contributed by atoms with Crippen molar-refractivity contribution in [2.24, 2.45) is 23.2 Å². The molecule has 0 aliphatic heterocycles. The lowest BCUT2D eigenvalue weighted by atomic mass is 9.62. The molecule has 6 nitrogen and oxygen atoms in total. The first-order valence-corrected chi connectivity index (χ1v) is 12.1. The number of aliphatic hydroxyl groups is 3. The summed E-state index contributed by atoms with van der Waals surface area (Å²) in [6, 6.07) is 2.39. The van der Waals surface area contributed by atoms with Crippen LogP contribution in [0.25, 0.3) is 0 Å². The molecule has 0 aromatic heterocycles. The van der Waals surface area contributed by atoms with Gasteiger partial charge in [-0.05, 0) is 75.0 Å². The molecule has 2 saturated carbocycles. The van der Waals surface area contributed by atoms with E-state index in [2.05, 4.69) is 19.1 Å². The van der Waals surface area contributed by atoms with Gasteiger partial charge in [-0.3, -0.25) is 4.79 Å². The van der Waals surface area contributed by atoms with E-state index < -0.39 is 6.10 Å². The number of carbonyl (C=O) groups is 1. The lowest BCUT2D eigenvalue weighted by molar-refractivity contribution is -0.144. The average Bonchev–Trinajstić information content (AvgIpc) is 3.03. The van der Waals surface area contributed by atoms with Crippen molar-refractivity contribution in [1.29, 1.82) is 5.26 Å². The normalized spacial score (nSPS) is 28.2. The Labute approximate surface area is 187 Å². The number of hydrogen-bond donors (Lipinski definition) is 3. The van der Waals surface area contributed by atoms with Crippen LogP contribution in [0.2, 0.25) is 0 Å². The summed E-state index contributed by atoms with van der Waals surface area (Å²) < 4.78 is 4.83. The second-order valence-corrected chi connectivity index (χ2v) is 9.43. The molecule has 6 heteroatoms. The number of ether oxygens (including phenoxy) is 1. The van der Waals surface area contributed by atoms with Gasteiger partial charge in [0.05, 0.1) is 30.8 Å². The fourth-order valence-corrected chi connectivity index (χ4v) is 5.46. The minimum atomic E-state index is -0.440. The standard InChI is InChI=1S/C25H41NO5/c1-2-25(13-8-14-25)23(29)11-7-10-21-20(19(18-26)17-22(21)28)9-5-3-4-6-12-24(30)31-16-15-27/h3,5,19-23,27-29H,2,4,6-17H2,1H3/b5-3-/t19-,20-,21+,22+,23?/m0/s1. The van der Waals surface area contributed by atoms with E-state index in [-0.39, 0.29) is 48.5 Å². The van der Waals surface area contributed by atoms with Gasteiger partial charge in [-0.2, -0.15) is 5.26 Å². The predicted octanol–water partition coefficient (Wildman–Crippen LogP) is 3.89. The summed E-state index contributed by atoms with van der Waals surface area (Å²) in [5, 5.41) is 39.4. The fraction of sp³-hybridized carbons (Fsp3) is 0.840. The molecule has 5 atom stereocenters. The summed E-state index contributed by atoms with van der Waals surface area (Å²) in [6.07, 6.45) is 13.5. The quantitative estimate of drug-likeness (QED) is 0.217. The first-order chi connectivity index (χ1) is 15.0. The number of aliphatic hydroxyl groups excluding tert-OH is 3. The number of allylic oxidation sites excluding steroid dienone is 2. The van der Waals surface area contributed by atoms with Crippen molar-refractivity contribution in [2.45, 2.75) is 96.2 Å². The van der Waals surface area contributed by atoms with E-state index in [9.17, 15) is 20.3 Å². The van der Waals surface area contributed by atoms with Crippen molar-refractivity contribution < 1.29 is 24.9 Å². The number of nitrogens with zero attached hydrogens (tertiary/aromatic N) is 1. The molecule has 2 aliphatic rings. The summed E-state index contributed by atoms with van der Waals surface area (Å²) in [5.74, 6) is -0.169. The molecular formula is C25H41NO5. The van der Waals surface area contributed by atoms with Gasteiger partial charge in [-0.15, -0.1) is 0 Å². The van der Waals surface area contributed by atoms with Gasteiger partial charge in [0, 0.05) is 6.42 Å². The number of carbonyl (C=O) groups excluding carboxylic acids is 1. The van der Waals surface area contributed by atoms with Crippen molar-refractivity contribution in [1.82, 2.24) is 0 Å². The maximum atomic E-state index is 11.4. The SMILES string of the molecule is CCC1(C(O)CCC[C@@H]2[C@@H](C/C=C\CCCC(=O)OCCO)[C@H](C#N)C[C@H]2O)CCC1. The number of esters is 1. The predicted molar refractivity (Wildman–Crippen MR) is 119 cm³/mol. The summed E-state index contributed by atoms with van der Waals surface area (Å²) in [7, 11) is 0. The Kier molecular flexibility index (Phi) is 11.0. The molecule has 0 radical (unpaired) electrons. The third-order valence-electron chi connectivity index (χ3n) is 7.68. The van der Waals surface area contributed by atoms with Crippen LogP contribution in [-0.4, -0.2) is 46.7 Å². The van der Waals surface area contributed by atoms with Gasteiger partial charge >= 0.3 is 5.97 Å². The fourth-order valence-electron chi connectivity index (χ4n) is 5.46. The zero-order valence-corrected chi connectivity index (χ0v) is 19.0. The molecule has 31 heavy (non-hydrogen) atoms. The Morgan fingerprint density at radius 3 is 2.68 bits per heavy atom. The molecule has 0 aromatic rings. The third kappa shape index (κ3) is 7.30. The highest BCUT2D eigenvalue weighted by molar-refractivity contribution is 5.69. The number of nitriles is 1. The van der Waals surface area contributed by atoms with Crippen LogP contribution in [0.5, 0.6) is 0 Å². The highest BCUT2D eigenvalue weighted by atomic mass is 16.5. The van der Waals surface area contributed by atoms with Crippen LogP contribution in [0.4, 0.5) is 0 Å². The number of rotatable bonds is 14. The molecule has 1 unspecified atom stereocenters. The van der Waals surface area contributed by atoms with Crippen molar-refractivity contribution in [3.8, 4) is 6.07 Å². The molecule has 3 N–H and O–H groups in total. The van der Waals surface area contributed by atoms with Gasteiger partial charge in [-0.25, -0.2) is 0 Å². The van der Waals surface area contributed by atoms with Crippen LogP contribution in [0.1, 0.15) is 84.0 Å². The second-order valence-electron chi connectivity index (χ2n) is 9.43. The number of unbranched alkanes of at least 4 members (excludes halogenated alkanes) is 1. The van der Waals surface area contributed by atoms with Gasteiger partial charge in [-0.1, -0.05) is 31.9 Å². The summed E-state index contributed by atoms with van der Waals surface area (Å²) in [5.41, 5.74) is 0.121. The van der Waals surface area contributed by atoms with Gasteiger partial charge < -0.3 is 20.1 Å². The lowest BCUT2D eigenvalue weighted by Crippen LogP contribution is -2.40. The molecule has 2 rings (SSSR count). The Bertz CT molecular complexity index is 604. The van der Waals surface area contributed by atoms with Gasteiger partial charge in [0.15, 0.2) is 0 Å². The van der Waals surface area contributed by atoms with Crippen molar-refractivity contribution in [2.75, 3.05) is 13.2 Å². The van der Waals surface area contributed by atoms with E-state index in [0.29, 0.717) is 19.3 Å². The molecule has 0 bridgehead atoms. The minimum Gasteiger partial charge on any atom is -0.463 e. The molecule has 176 valence electrons. The Morgan fingerprint density at radius 2 is 2.06 bits per heavy atom. The molecule has 0 aromatic carbocycles. The first-order valence-electron chi connectivity index (χ1n) is 12.1. The first kappa shape index (κ1) is 25.8. The Balaban J connectivity index is 1.75. The highest BCUT2D eigenvalue weighted by Gasteiger charge is 2.43. The summed E-state index contributed by atoms with van der Waals surface area (Å²) in [4.78, 5) is 11.4. The number of hydrogen-bond acceptors (Lipinski definition) is 6. The monoisotopic (exact) mass is 435 g/mol. The molecule has 0 amide bonds. The zero-order chi connectivity index (χ0) is 22.7. The van der Waals surface area contributed by atoms with Crippen LogP contribution in [0.15, 0.2) is 12.2 Å². The molecular weight excluding hydrogens is 394 g/mol. The van der Waals surface area contributed by atoms with Crippen LogP contribution >= 0.6 is 0 Å². The Hall–Kier alpha value is -1.42. The third-order valence-corrected chi connectivity index (χ3v) is 7.68. The minimum absolute atomic E-state index is 0.0477. The largest absolute Gasteiger partial charge is 0.463 e. The highest BCUT2D eigenvalue weighted by Crippen LogP contribution is 2.48. The van der Waals surface area contributed by atoms with E-state index in [0.717, 1.165) is 51.4 Å². The van der Waals surface area contributed by atoms with E-state index >= 15 is 0 Å². The lowest BCUT2D eigenvalue weighted by Gasteiger charge is -2.45. The van der Waals surface area contributed by atoms with E-state index in [1.54, 1.807) is 0 Å². The van der Waals surface area contributed by atoms with Gasteiger partial charge in [0.2, 0.25) is 0 Å². The molecule has 0 saturated heterocycles. The molecule has 2 aliphatic carbocycles. The smallest absolute Gasteiger partial charge is 0.305 e. The summed E-state index contributed by atoms with van der Waals surface area (Å²) >= 11 is 0. The van der Waals surface area contributed by atoms with Crippen molar-refractivity contribution >= 4 is 5.97 Å². The van der Waals surface area contributed by atoms with Gasteiger partial charge in [0.25, 0.3) is 0 Å². The van der Waals surface area contributed by atoms with E-state index in [1.165, 1.54) is 6.42 Å². The second kappa shape index (κ2) is 13.2. The van der Waals surface area contributed by atoms with Crippen LogP contribution in [0, 0.1) is 34.5 Å².